The van der Waals surface area contributed by atoms with Gasteiger partial charge in [-0.05, 0) is 28.5 Å². The maximum absolute atomic E-state index is 5.09. The molecule has 2 heterocycles. The third-order valence-corrected chi connectivity index (χ3v) is 6.35. The zero-order valence-electron chi connectivity index (χ0n) is 19.8. The average molecular weight is 461 g/mol. The van der Waals surface area contributed by atoms with E-state index in [1.165, 1.54) is 16.3 Å². The van der Waals surface area contributed by atoms with E-state index in [0.29, 0.717) is 0 Å². The number of pyridine rings is 2. The molecule has 0 atom stereocenters. The number of nitrogens with zero attached hydrogens (tertiary/aromatic N) is 2. The van der Waals surface area contributed by atoms with Crippen LogP contribution in [0.15, 0.2) is 146 Å². The van der Waals surface area contributed by atoms with E-state index >= 15 is 0 Å². The van der Waals surface area contributed by atoms with Gasteiger partial charge in [-0.1, -0.05) is 127 Å². The van der Waals surface area contributed by atoms with E-state index in [0.717, 1.165) is 38.6 Å². The first-order valence-corrected chi connectivity index (χ1v) is 12.1. The molecule has 5 aromatic carbocycles. The van der Waals surface area contributed by atoms with Crippen LogP contribution in [0.2, 0.25) is 0 Å². The molecule has 170 valence electrons. The fourth-order valence-electron chi connectivity index (χ4n) is 4.56. The first-order valence-electron chi connectivity index (χ1n) is 12.1. The highest BCUT2D eigenvalue weighted by atomic mass is 14.8. The van der Waals surface area contributed by atoms with E-state index in [-0.39, 0.29) is 0 Å². The summed E-state index contributed by atoms with van der Waals surface area (Å²) in [4.78, 5) is 9.67. The Balaban J connectivity index is 0.000000200. The predicted octanol–water partition coefficient (Wildman–Crippen LogP) is 8.96. The molecule has 0 aliphatic rings. The van der Waals surface area contributed by atoms with Crippen molar-refractivity contribution in [3.8, 4) is 22.4 Å². The molecule has 0 bridgehead atoms. The Labute approximate surface area is 210 Å². The molecule has 0 unspecified atom stereocenters. The van der Waals surface area contributed by atoms with Crippen LogP contribution in [0.4, 0.5) is 0 Å². The molecule has 7 aromatic rings. The van der Waals surface area contributed by atoms with Crippen LogP contribution >= 0.6 is 0 Å². The summed E-state index contributed by atoms with van der Waals surface area (Å²) in [5.41, 5.74) is 6.30. The van der Waals surface area contributed by atoms with Gasteiger partial charge in [0, 0.05) is 28.1 Å². The van der Waals surface area contributed by atoms with E-state index in [4.69, 9.17) is 4.98 Å². The Morgan fingerprint density at radius 2 is 0.917 bits per heavy atom. The molecule has 0 saturated heterocycles. The van der Waals surface area contributed by atoms with Gasteiger partial charge in [-0.3, -0.25) is 4.98 Å². The summed E-state index contributed by atoms with van der Waals surface area (Å²) < 4.78 is 0. The second-order valence-electron chi connectivity index (χ2n) is 8.68. The van der Waals surface area contributed by atoms with Crippen LogP contribution in [-0.2, 0) is 0 Å². The summed E-state index contributed by atoms with van der Waals surface area (Å²) in [6.45, 7) is 0. The molecule has 2 heteroatoms. The average Bonchev–Trinajstić information content (AvgIpc) is 2.98. The Bertz CT molecular complexity index is 1710. The van der Waals surface area contributed by atoms with Crippen LogP contribution in [0.3, 0.4) is 0 Å². The van der Waals surface area contributed by atoms with Crippen LogP contribution < -0.4 is 0 Å². The van der Waals surface area contributed by atoms with Crippen molar-refractivity contribution in [3.63, 3.8) is 0 Å². The normalized spacial score (nSPS) is 10.8. The summed E-state index contributed by atoms with van der Waals surface area (Å²) in [6, 6.07) is 48.0. The van der Waals surface area contributed by atoms with Crippen LogP contribution in [-0.4, -0.2) is 9.97 Å². The number of fused-ring (bicyclic) bond motifs is 4. The molecular weight excluding hydrogens is 436 g/mol. The second-order valence-corrected chi connectivity index (χ2v) is 8.68. The monoisotopic (exact) mass is 460 g/mol. The van der Waals surface area contributed by atoms with Crippen molar-refractivity contribution in [1.82, 2.24) is 9.97 Å². The summed E-state index contributed by atoms with van der Waals surface area (Å²) >= 11 is 0. The predicted molar refractivity (Wildman–Crippen MR) is 152 cm³/mol. The first-order chi connectivity index (χ1) is 17.9. The van der Waals surface area contributed by atoms with Crippen molar-refractivity contribution >= 4 is 32.6 Å². The van der Waals surface area contributed by atoms with Gasteiger partial charge in [-0.25, -0.2) is 4.98 Å². The molecule has 7 rings (SSSR count). The molecule has 0 amide bonds. The molecule has 2 nitrogen and oxygen atoms in total. The van der Waals surface area contributed by atoms with Gasteiger partial charge < -0.3 is 0 Å². The molecule has 2 aromatic heterocycles. The van der Waals surface area contributed by atoms with E-state index in [9.17, 15) is 0 Å². The Morgan fingerprint density at radius 3 is 1.56 bits per heavy atom. The summed E-state index contributed by atoms with van der Waals surface area (Å²) in [6.07, 6.45) is 1.83. The molecule has 0 saturated carbocycles. The first kappa shape index (κ1) is 21.7. The highest BCUT2D eigenvalue weighted by molar-refractivity contribution is 6.05. The lowest BCUT2D eigenvalue weighted by molar-refractivity contribution is 1.37. The van der Waals surface area contributed by atoms with Crippen LogP contribution in [0, 0.1) is 0 Å². The smallest absolute Gasteiger partial charge is 0.0972 e. The topological polar surface area (TPSA) is 25.8 Å². The lowest BCUT2D eigenvalue weighted by Crippen LogP contribution is -1.93. The second kappa shape index (κ2) is 9.81. The largest absolute Gasteiger partial charge is 0.254 e. The minimum absolute atomic E-state index is 0.946. The van der Waals surface area contributed by atoms with Crippen molar-refractivity contribution in [3.05, 3.63) is 146 Å². The molecule has 0 N–H and O–H groups in total. The van der Waals surface area contributed by atoms with Crippen LogP contribution in [0.25, 0.3) is 55.0 Å². The van der Waals surface area contributed by atoms with Crippen LogP contribution in [0.1, 0.15) is 0 Å². The lowest BCUT2D eigenvalue weighted by Gasteiger charge is -2.12. The van der Waals surface area contributed by atoms with Crippen LogP contribution in [0.5, 0.6) is 0 Å². The SMILES string of the molecule is c1ccc(-c2cc3ccc4cccnc4c3nc2-c2ccccc2)cc1.c1ccc2ccccc2c1. The summed E-state index contributed by atoms with van der Waals surface area (Å²) in [7, 11) is 0. The zero-order valence-corrected chi connectivity index (χ0v) is 19.8. The van der Waals surface area contributed by atoms with Gasteiger partial charge in [0.05, 0.1) is 16.7 Å². The number of aromatic nitrogens is 2. The summed E-state index contributed by atoms with van der Waals surface area (Å²) in [5.74, 6) is 0. The Hall–Kier alpha value is -4.82. The molecule has 0 aliphatic carbocycles. The maximum atomic E-state index is 5.09. The quantitative estimate of drug-likeness (QED) is 0.241. The third-order valence-electron chi connectivity index (χ3n) is 6.35. The highest BCUT2D eigenvalue weighted by Crippen LogP contribution is 2.35. The Morgan fingerprint density at radius 1 is 0.389 bits per heavy atom. The lowest BCUT2D eigenvalue weighted by atomic mass is 9.97. The van der Waals surface area contributed by atoms with Crippen molar-refractivity contribution in [2.45, 2.75) is 0 Å². The van der Waals surface area contributed by atoms with Gasteiger partial charge in [-0.2, -0.15) is 0 Å². The molecule has 0 aliphatic heterocycles. The zero-order chi connectivity index (χ0) is 24.2. The fourth-order valence-corrected chi connectivity index (χ4v) is 4.56. The number of hydrogen-bond acceptors (Lipinski definition) is 2. The molecular formula is C34H24N2. The fraction of sp³-hybridized carbons (Fsp3) is 0. The van der Waals surface area contributed by atoms with Gasteiger partial charge >= 0.3 is 0 Å². The van der Waals surface area contributed by atoms with Crippen molar-refractivity contribution in [2.75, 3.05) is 0 Å². The Kier molecular flexibility index (Phi) is 5.91. The van der Waals surface area contributed by atoms with Gasteiger partial charge in [-0.15, -0.1) is 0 Å². The minimum Gasteiger partial charge on any atom is -0.254 e. The summed E-state index contributed by atoms with van der Waals surface area (Å²) in [5, 5.41) is 4.84. The van der Waals surface area contributed by atoms with Crippen molar-refractivity contribution in [1.29, 1.82) is 0 Å². The molecule has 0 spiro atoms. The van der Waals surface area contributed by atoms with Crippen molar-refractivity contribution < 1.29 is 0 Å². The number of benzene rings is 5. The van der Waals surface area contributed by atoms with E-state index in [1.807, 2.05) is 24.4 Å². The van der Waals surface area contributed by atoms with E-state index < -0.39 is 0 Å². The standard InChI is InChI=1S/C24H16N2.C10H8/c1-3-8-17(9-4-1)21-16-20-14-13-19-12-7-15-25-23(19)24(20)26-22(21)18-10-5-2-6-11-18;1-2-6-10-8-4-3-7-9(10)5-1/h1-16H;1-8H. The van der Waals surface area contributed by atoms with Crippen molar-refractivity contribution in [2.24, 2.45) is 0 Å². The molecule has 0 fully saturated rings. The number of hydrogen-bond donors (Lipinski definition) is 0. The van der Waals surface area contributed by atoms with Gasteiger partial charge in [0.25, 0.3) is 0 Å². The third kappa shape index (κ3) is 4.33. The van der Waals surface area contributed by atoms with E-state index in [2.05, 4.69) is 126 Å². The maximum Gasteiger partial charge on any atom is 0.0972 e. The van der Waals surface area contributed by atoms with Gasteiger partial charge in [0.2, 0.25) is 0 Å². The molecule has 36 heavy (non-hydrogen) atoms. The number of rotatable bonds is 2. The van der Waals surface area contributed by atoms with Gasteiger partial charge in [0.15, 0.2) is 0 Å². The minimum atomic E-state index is 0.946. The van der Waals surface area contributed by atoms with Gasteiger partial charge in [0.1, 0.15) is 0 Å². The molecule has 0 radical (unpaired) electrons. The highest BCUT2D eigenvalue weighted by Gasteiger charge is 2.13. The van der Waals surface area contributed by atoms with E-state index in [1.54, 1.807) is 0 Å².